The van der Waals surface area contributed by atoms with E-state index in [0.717, 1.165) is 19.6 Å². The van der Waals surface area contributed by atoms with E-state index in [0.29, 0.717) is 45.1 Å². The number of ether oxygens (including phenoxy) is 6. The van der Waals surface area contributed by atoms with Gasteiger partial charge in [-0.15, -0.1) is 0 Å². The van der Waals surface area contributed by atoms with E-state index in [2.05, 4.69) is 9.97 Å². The van der Waals surface area contributed by atoms with Crippen LogP contribution in [0.3, 0.4) is 0 Å². The third-order valence-corrected chi connectivity index (χ3v) is 16.4. The van der Waals surface area contributed by atoms with Gasteiger partial charge in [-0.25, -0.2) is 29.1 Å². The Bertz CT molecular complexity index is 2870. The molecule has 1 fully saturated rings. The van der Waals surface area contributed by atoms with Gasteiger partial charge in [0.05, 0.1) is 14.2 Å². The minimum absolute atomic E-state index is 0.0265. The normalized spacial score (nSPS) is 23.3. The molecule has 22 nitrogen and oxygen atoms in total. The fourth-order valence-corrected chi connectivity index (χ4v) is 10.8. The van der Waals surface area contributed by atoms with Gasteiger partial charge in [-0.05, 0) is 111 Å². The summed E-state index contributed by atoms with van der Waals surface area (Å²) in [5.41, 5.74) is -0.217. The average molecular weight is 1250 g/mol. The number of amides is 4. The Morgan fingerprint density at radius 1 is 0.422 bits per heavy atom. The molecule has 22 heteroatoms. The van der Waals surface area contributed by atoms with E-state index in [1.54, 1.807) is 86.6 Å². The summed E-state index contributed by atoms with van der Waals surface area (Å²) < 4.78 is 34.6. The van der Waals surface area contributed by atoms with Crippen LogP contribution in [0.4, 0.5) is 0 Å². The molecular weight excluding hydrogens is 1160 g/mol. The molecule has 4 aromatic rings. The first-order valence-corrected chi connectivity index (χ1v) is 30.7. The summed E-state index contributed by atoms with van der Waals surface area (Å²) in [6.07, 6.45) is -3.78. The lowest BCUT2D eigenvalue weighted by molar-refractivity contribution is -0.176. The van der Waals surface area contributed by atoms with Gasteiger partial charge in [0.2, 0.25) is 11.8 Å². The Labute approximate surface area is 529 Å². The minimum atomic E-state index is -1.64. The Kier molecular flexibility index (Phi) is 25.6. The van der Waals surface area contributed by atoms with Gasteiger partial charge < -0.3 is 58.2 Å². The molecule has 1 aliphatic heterocycles. The molecule has 1 aliphatic rings. The van der Waals surface area contributed by atoms with Crippen LogP contribution in [0.5, 0.6) is 11.8 Å². The molecule has 2 aromatic heterocycles. The number of esters is 4. The van der Waals surface area contributed by atoms with E-state index in [1.807, 2.05) is 55.4 Å². The van der Waals surface area contributed by atoms with Crippen LogP contribution in [0.2, 0.25) is 0 Å². The van der Waals surface area contributed by atoms with Crippen molar-refractivity contribution < 1.29 is 77.0 Å². The number of aromatic nitrogens is 2. The van der Waals surface area contributed by atoms with Crippen molar-refractivity contribution in [1.82, 2.24) is 29.6 Å². The van der Waals surface area contributed by atoms with Crippen molar-refractivity contribution in [3.05, 3.63) is 119 Å². The molecule has 0 bridgehead atoms. The van der Waals surface area contributed by atoms with E-state index in [9.17, 15) is 39.0 Å². The maximum absolute atomic E-state index is 15.1. The topological polar surface area (TPSA) is 271 Å². The van der Waals surface area contributed by atoms with Crippen LogP contribution in [0.25, 0.3) is 0 Å². The van der Waals surface area contributed by atoms with Gasteiger partial charge in [0, 0.05) is 76.7 Å². The van der Waals surface area contributed by atoms with Crippen molar-refractivity contribution in [3.8, 4) is 11.8 Å². The smallest absolute Gasteiger partial charge is 0.329 e. The number of rotatable bonds is 18. The fourth-order valence-electron chi connectivity index (χ4n) is 10.8. The van der Waals surface area contributed by atoms with Gasteiger partial charge in [0.15, 0.2) is 24.4 Å². The highest BCUT2D eigenvalue weighted by molar-refractivity contribution is 5.94. The third-order valence-electron chi connectivity index (χ3n) is 16.4. The van der Waals surface area contributed by atoms with Crippen molar-refractivity contribution in [3.63, 3.8) is 0 Å². The highest BCUT2D eigenvalue weighted by atomic mass is 16.6. The molecule has 0 spiro atoms. The lowest BCUT2D eigenvalue weighted by atomic mass is 9.88. The van der Waals surface area contributed by atoms with Gasteiger partial charge >= 0.3 is 23.9 Å². The lowest BCUT2D eigenvalue weighted by Crippen LogP contribution is -2.55. The molecule has 5 rings (SSSR count). The number of methoxy groups -OCH3 is 2. The van der Waals surface area contributed by atoms with Gasteiger partial charge in [-0.2, -0.15) is 0 Å². The van der Waals surface area contributed by atoms with Crippen LogP contribution < -0.4 is 9.47 Å². The molecule has 4 amide bonds. The second kappa shape index (κ2) is 31.7. The summed E-state index contributed by atoms with van der Waals surface area (Å²) in [4.78, 5) is 131. The van der Waals surface area contributed by atoms with Gasteiger partial charge in [-0.1, -0.05) is 104 Å². The number of nitrogens with zero attached hydrogens (tertiary/aromatic N) is 6. The Morgan fingerprint density at radius 2 is 0.678 bits per heavy atom. The number of aliphatic hydroxyl groups is 2. The van der Waals surface area contributed by atoms with Crippen LogP contribution >= 0.6 is 0 Å². The van der Waals surface area contributed by atoms with E-state index in [1.165, 1.54) is 68.7 Å². The molecule has 3 heterocycles. The minimum Gasteiger partial charge on any atom is -0.481 e. The molecule has 0 radical (unpaired) electrons. The van der Waals surface area contributed by atoms with E-state index in [4.69, 9.17) is 28.4 Å². The second-order valence-electron chi connectivity index (χ2n) is 25.5. The quantitative estimate of drug-likeness (QED) is 0.0751. The molecule has 0 saturated carbocycles. The van der Waals surface area contributed by atoms with E-state index in [-0.39, 0.29) is 62.2 Å². The first kappa shape index (κ1) is 72.8. The van der Waals surface area contributed by atoms with Crippen molar-refractivity contribution in [2.75, 3.05) is 42.4 Å². The fraction of sp³-hybridized carbons (Fsp3) is 0.559. The van der Waals surface area contributed by atoms with Gasteiger partial charge in [-0.3, -0.25) is 19.2 Å². The second-order valence-corrected chi connectivity index (χ2v) is 25.5. The summed E-state index contributed by atoms with van der Waals surface area (Å²) in [6, 6.07) is 14.4. The molecule has 2 aromatic carbocycles. The zero-order chi connectivity index (χ0) is 67.3. The lowest BCUT2D eigenvalue weighted by Gasteiger charge is -2.35. The van der Waals surface area contributed by atoms with E-state index < -0.39 is 107 Å². The number of carbonyl (C=O) groups excluding carboxylic acids is 8. The summed E-state index contributed by atoms with van der Waals surface area (Å²) in [5, 5.41) is 23.5. The first-order valence-electron chi connectivity index (χ1n) is 30.7. The molecule has 90 heavy (non-hydrogen) atoms. The summed E-state index contributed by atoms with van der Waals surface area (Å²) in [5.74, 6) is -7.42. The van der Waals surface area contributed by atoms with Gasteiger partial charge in [0.25, 0.3) is 23.6 Å². The number of hydrogen-bond donors (Lipinski definition) is 2. The third kappa shape index (κ3) is 18.6. The largest absolute Gasteiger partial charge is 0.481 e. The Balaban J connectivity index is 1.61. The van der Waals surface area contributed by atoms with Crippen molar-refractivity contribution in [1.29, 1.82) is 0 Å². The average Bonchev–Trinajstić information content (AvgIpc) is 1.18. The van der Waals surface area contributed by atoms with Crippen LogP contribution in [0, 0.1) is 23.7 Å². The monoisotopic (exact) mass is 1250 g/mol. The molecule has 0 aliphatic carbocycles. The predicted molar refractivity (Wildman–Crippen MR) is 334 cm³/mol. The maximum Gasteiger partial charge on any atom is 0.329 e. The Morgan fingerprint density at radius 3 is 0.922 bits per heavy atom. The zero-order valence-electron chi connectivity index (χ0n) is 55.5. The van der Waals surface area contributed by atoms with Crippen molar-refractivity contribution in [2.24, 2.45) is 23.7 Å². The van der Waals surface area contributed by atoms with Crippen LogP contribution in [0.15, 0.2) is 85.2 Å². The number of carbonyl (C=O) groups is 8. The zero-order valence-corrected chi connectivity index (χ0v) is 55.5. The van der Waals surface area contributed by atoms with Crippen molar-refractivity contribution in [2.45, 2.75) is 181 Å². The molecule has 10 atom stereocenters. The highest BCUT2D eigenvalue weighted by Crippen LogP contribution is 2.33. The van der Waals surface area contributed by atoms with Gasteiger partial charge in [0.1, 0.15) is 35.4 Å². The molecule has 2 unspecified atom stereocenters. The summed E-state index contributed by atoms with van der Waals surface area (Å²) >= 11 is 0. The maximum atomic E-state index is 15.1. The predicted octanol–water partition coefficient (Wildman–Crippen LogP) is 6.98. The summed E-state index contributed by atoms with van der Waals surface area (Å²) in [6.45, 7) is 20.4. The SMILES string of the molecule is COc1ccc(C(C)(O)c2ccc(C[C@H]3OC(=O)[C@H](CC(C)C)N(C)C(=O)[C@@H](C)OC(=O)[C@H](CC(C)C)N(C)C(=O)[C@@H](Cc4ccc(C(C)(O)c5ccc(OC)nc5)cc4)OC(=O)[C@H](CC(C)C)N(C)C(=O)[C@@H](C)OC(=O)[C@H](CC(C)C)N(C)C3=O)cc2)cn1. The number of pyridine rings is 2. The molecule has 2 N–H and O–H groups in total. The van der Waals surface area contributed by atoms with Crippen LogP contribution in [-0.2, 0) is 81.3 Å². The Hall–Kier alpha value is -7.98. The van der Waals surface area contributed by atoms with Crippen LogP contribution in [-0.4, -0.2) is 178 Å². The number of likely N-dealkylation sites (N-methyl/N-ethyl adjacent to an activating group) is 4. The van der Waals surface area contributed by atoms with E-state index >= 15 is 9.59 Å². The first-order chi connectivity index (χ1) is 42.1. The number of hydrogen-bond acceptors (Lipinski definition) is 18. The molecular formula is C68H94N6O16. The molecule has 492 valence electrons. The number of benzene rings is 2. The highest BCUT2D eigenvalue weighted by Gasteiger charge is 2.43. The summed E-state index contributed by atoms with van der Waals surface area (Å²) in [7, 11) is 8.37. The number of cyclic esters (lactones) is 4. The van der Waals surface area contributed by atoms with Crippen LogP contribution in [0.1, 0.15) is 142 Å². The molecule has 1 saturated heterocycles. The standard InChI is InChI=1S/C68H94N6O16/c1-39(2)31-51-63(79)87-43(9)59(75)71(13)54(34-42(7)8)66(82)90-56(36-46-21-25-48(26-22-46)68(12,84)50-28-30-58(86-18)70-38-50)62(78)74(16)52(32-40(3)4)64(80)88-44(10)60(76)72(14)53(33-41(5)6)65(81)89-55(61(77)73(51)15)35-45-19-23-47(24-20-45)67(11,83)49-27-29-57(85-17)69-37-49/h19-30,37-44,51-56,83-84H,31-36H2,1-18H3/t43-,44-,51+,52+,53+,54+,55-,56-,67?,68?/m1/s1. The van der Waals surface area contributed by atoms with Crippen molar-refractivity contribution >= 4 is 47.5 Å².